The molecule has 0 aromatic rings. The van der Waals surface area contributed by atoms with Gasteiger partial charge in [-0.2, -0.15) is 0 Å². The fourth-order valence-electron chi connectivity index (χ4n) is 1.72. The van der Waals surface area contributed by atoms with Gasteiger partial charge in [0.15, 0.2) is 0 Å². The Balaban J connectivity index is 2.30. The second kappa shape index (κ2) is 4.43. The Bertz CT molecular complexity index is 148. The topological polar surface area (TPSA) is 21.3 Å². The van der Waals surface area contributed by atoms with E-state index in [0.29, 0.717) is 6.04 Å². The van der Waals surface area contributed by atoms with Gasteiger partial charge in [-0.15, -0.1) is 0 Å². The number of rotatable bonds is 3. The van der Waals surface area contributed by atoms with E-state index in [1.165, 1.54) is 6.42 Å². The summed E-state index contributed by atoms with van der Waals surface area (Å²) in [5.41, 5.74) is 0.0769. The Hall–Kier alpha value is -0.0800. The Morgan fingerprint density at radius 2 is 2.23 bits per heavy atom. The van der Waals surface area contributed by atoms with Gasteiger partial charge in [0.2, 0.25) is 0 Å². The molecule has 2 nitrogen and oxygen atoms in total. The Morgan fingerprint density at radius 3 is 2.62 bits per heavy atom. The van der Waals surface area contributed by atoms with Crippen LogP contribution in [0.15, 0.2) is 0 Å². The van der Waals surface area contributed by atoms with E-state index in [1.807, 2.05) is 0 Å². The summed E-state index contributed by atoms with van der Waals surface area (Å²) >= 11 is 0. The van der Waals surface area contributed by atoms with Gasteiger partial charge < -0.3 is 10.1 Å². The van der Waals surface area contributed by atoms with Crippen LogP contribution in [-0.4, -0.2) is 24.8 Å². The van der Waals surface area contributed by atoms with E-state index < -0.39 is 0 Å². The van der Waals surface area contributed by atoms with Crippen LogP contribution >= 0.6 is 0 Å². The van der Waals surface area contributed by atoms with E-state index in [2.05, 4.69) is 33.0 Å². The van der Waals surface area contributed by atoms with Crippen molar-refractivity contribution >= 4 is 0 Å². The molecule has 1 rings (SSSR count). The number of morpholine rings is 1. The summed E-state index contributed by atoms with van der Waals surface area (Å²) < 4.78 is 5.87. The van der Waals surface area contributed by atoms with Gasteiger partial charge in [0.25, 0.3) is 0 Å². The average molecular weight is 185 g/mol. The zero-order valence-electron chi connectivity index (χ0n) is 9.39. The van der Waals surface area contributed by atoms with E-state index >= 15 is 0 Å². The molecule has 0 saturated carbocycles. The molecule has 13 heavy (non-hydrogen) atoms. The number of nitrogens with one attached hydrogen (secondary N) is 1. The lowest BCUT2D eigenvalue weighted by molar-refractivity contribution is -0.0751. The highest BCUT2D eigenvalue weighted by atomic mass is 16.5. The van der Waals surface area contributed by atoms with Crippen molar-refractivity contribution in [1.29, 1.82) is 0 Å². The molecule has 0 aromatic carbocycles. The van der Waals surface area contributed by atoms with Gasteiger partial charge >= 0.3 is 0 Å². The summed E-state index contributed by atoms with van der Waals surface area (Å²) in [5, 5.41) is 3.57. The largest absolute Gasteiger partial charge is 0.372 e. The molecule has 0 amide bonds. The molecule has 78 valence electrons. The van der Waals surface area contributed by atoms with Crippen LogP contribution in [0.5, 0.6) is 0 Å². The van der Waals surface area contributed by atoms with E-state index in [4.69, 9.17) is 4.74 Å². The molecule has 1 aliphatic rings. The van der Waals surface area contributed by atoms with Gasteiger partial charge in [-0.1, -0.05) is 20.8 Å². The van der Waals surface area contributed by atoms with Crippen molar-refractivity contribution in [3.05, 3.63) is 0 Å². The lowest BCUT2D eigenvalue weighted by atomic mass is 9.97. The average Bonchev–Trinajstić information content (AvgIpc) is 2.09. The molecular formula is C11H23NO. The third-order valence-corrected chi connectivity index (χ3v) is 2.90. The second-order valence-electron chi connectivity index (χ2n) is 4.82. The third-order valence-electron chi connectivity index (χ3n) is 2.90. The molecule has 1 saturated heterocycles. The zero-order chi connectivity index (χ0) is 9.90. The summed E-state index contributed by atoms with van der Waals surface area (Å²) in [6, 6.07) is 0.569. The van der Waals surface area contributed by atoms with Crippen LogP contribution in [0.25, 0.3) is 0 Å². The fourth-order valence-corrected chi connectivity index (χ4v) is 1.72. The molecule has 0 spiro atoms. The summed E-state index contributed by atoms with van der Waals surface area (Å²) in [7, 11) is 0. The fraction of sp³-hybridized carbons (Fsp3) is 1.00. The van der Waals surface area contributed by atoms with Crippen molar-refractivity contribution < 1.29 is 4.74 Å². The first-order chi connectivity index (χ1) is 6.06. The first-order valence-corrected chi connectivity index (χ1v) is 5.43. The number of hydrogen-bond acceptors (Lipinski definition) is 2. The molecule has 0 radical (unpaired) electrons. The molecule has 2 atom stereocenters. The van der Waals surface area contributed by atoms with Crippen molar-refractivity contribution in [2.24, 2.45) is 5.92 Å². The van der Waals surface area contributed by atoms with Crippen molar-refractivity contribution in [3.63, 3.8) is 0 Å². The molecule has 1 heterocycles. The highest BCUT2D eigenvalue weighted by Crippen LogP contribution is 2.20. The lowest BCUT2D eigenvalue weighted by Gasteiger charge is -2.38. The van der Waals surface area contributed by atoms with Crippen molar-refractivity contribution in [3.8, 4) is 0 Å². The highest BCUT2D eigenvalue weighted by molar-refractivity contribution is 4.84. The van der Waals surface area contributed by atoms with Crippen LogP contribution < -0.4 is 5.32 Å². The normalized spacial score (nSPS) is 35.3. The van der Waals surface area contributed by atoms with E-state index in [0.717, 1.165) is 25.5 Å². The summed E-state index contributed by atoms with van der Waals surface area (Å²) in [6.45, 7) is 10.8. The smallest absolute Gasteiger partial charge is 0.0776 e. The lowest BCUT2D eigenvalue weighted by Crippen LogP contribution is -2.52. The van der Waals surface area contributed by atoms with E-state index in [-0.39, 0.29) is 5.60 Å². The summed E-state index contributed by atoms with van der Waals surface area (Å²) in [6.07, 6.45) is 2.31. The van der Waals surface area contributed by atoms with Crippen LogP contribution in [0.3, 0.4) is 0 Å². The van der Waals surface area contributed by atoms with E-state index in [1.54, 1.807) is 0 Å². The van der Waals surface area contributed by atoms with Gasteiger partial charge in [-0.25, -0.2) is 0 Å². The van der Waals surface area contributed by atoms with Gasteiger partial charge in [-0.05, 0) is 25.7 Å². The monoisotopic (exact) mass is 185 g/mol. The molecule has 2 heteroatoms. The van der Waals surface area contributed by atoms with Crippen LogP contribution in [0.1, 0.15) is 40.5 Å². The summed E-state index contributed by atoms with van der Waals surface area (Å²) in [5.74, 6) is 0.757. The minimum atomic E-state index is 0.0769. The third kappa shape index (κ3) is 3.28. The molecule has 2 unspecified atom stereocenters. The van der Waals surface area contributed by atoms with Crippen LogP contribution in [0.2, 0.25) is 0 Å². The predicted molar refractivity (Wildman–Crippen MR) is 55.9 cm³/mol. The molecule has 1 N–H and O–H groups in total. The molecule has 0 aromatic heterocycles. The zero-order valence-corrected chi connectivity index (χ0v) is 9.39. The highest BCUT2D eigenvalue weighted by Gasteiger charge is 2.29. The van der Waals surface area contributed by atoms with Crippen molar-refractivity contribution in [1.82, 2.24) is 5.32 Å². The van der Waals surface area contributed by atoms with Crippen LogP contribution in [0.4, 0.5) is 0 Å². The number of hydrogen-bond donors (Lipinski definition) is 1. The quantitative estimate of drug-likeness (QED) is 0.727. The summed E-state index contributed by atoms with van der Waals surface area (Å²) in [4.78, 5) is 0. The molecule has 0 bridgehead atoms. The Labute approximate surface area is 82.0 Å². The first-order valence-electron chi connectivity index (χ1n) is 5.43. The minimum absolute atomic E-state index is 0.0769. The Kier molecular flexibility index (Phi) is 3.74. The van der Waals surface area contributed by atoms with Crippen LogP contribution in [0, 0.1) is 5.92 Å². The van der Waals surface area contributed by atoms with E-state index in [9.17, 15) is 0 Å². The molecular weight excluding hydrogens is 162 g/mol. The van der Waals surface area contributed by atoms with Crippen LogP contribution in [-0.2, 0) is 4.74 Å². The first kappa shape index (κ1) is 11.0. The molecule has 1 fully saturated rings. The second-order valence-corrected chi connectivity index (χ2v) is 4.82. The minimum Gasteiger partial charge on any atom is -0.372 e. The van der Waals surface area contributed by atoms with Gasteiger partial charge in [0, 0.05) is 12.6 Å². The predicted octanol–water partition coefficient (Wildman–Crippen LogP) is 2.19. The maximum absolute atomic E-state index is 5.87. The van der Waals surface area contributed by atoms with Crippen molar-refractivity contribution in [2.45, 2.75) is 52.2 Å². The molecule has 1 aliphatic heterocycles. The van der Waals surface area contributed by atoms with Gasteiger partial charge in [0.05, 0.1) is 12.2 Å². The SMILES string of the molecule is CCC1(C)CNC(CC(C)C)CO1. The van der Waals surface area contributed by atoms with Crippen molar-refractivity contribution in [2.75, 3.05) is 13.2 Å². The maximum atomic E-state index is 5.87. The Morgan fingerprint density at radius 1 is 1.54 bits per heavy atom. The van der Waals surface area contributed by atoms with Gasteiger partial charge in [-0.3, -0.25) is 0 Å². The maximum Gasteiger partial charge on any atom is 0.0776 e. The standard InChI is InChI=1S/C11H23NO/c1-5-11(4)8-12-10(7-13-11)6-9(2)3/h9-10,12H,5-8H2,1-4H3. The van der Waals surface area contributed by atoms with Gasteiger partial charge in [0.1, 0.15) is 0 Å². The number of ether oxygens (including phenoxy) is 1. The molecule has 0 aliphatic carbocycles.